The molecular formula is C7H16N4. The molecule has 4 N–H and O–H groups in total. The molecule has 0 aromatic heterocycles. The second-order valence-corrected chi connectivity index (χ2v) is 2.29. The topological polar surface area (TPSA) is 76.8 Å². The molecule has 0 rings (SSSR count). The first-order valence-electron chi connectivity index (χ1n) is 3.87. The largest absolute Gasteiger partial charge is 0.367 e. The highest BCUT2D eigenvalue weighted by molar-refractivity contribution is 5.85. The van der Waals surface area contributed by atoms with Gasteiger partial charge in [0.05, 0.1) is 0 Å². The van der Waals surface area contributed by atoms with E-state index in [0.717, 1.165) is 12.8 Å². The lowest BCUT2D eigenvalue weighted by atomic mass is 10.2. The minimum Gasteiger partial charge on any atom is -0.367 e. The Balaban J connectivity index is 3.30. The summed E-state index contributed by atoms with van der Waals surface area (Å²) in [7, 11) is 0. The van der Waals surface area contributed by atoms with Crippen molar-refractivity contribution in [2.75, 3.05) is 0 Å². The van der Waals surface area contributed by atoms with E-state index in [2.05, 4.69) is 17.0 Å². The first-order chi connectivity index (χ1) is 5.31. The molecular weight excluding hydrogens is 140 g/mol. The minimum atomic E-state index is 0.140. The van der Waals surface area contributed by atoms with Crippen LogP contribution in [0.5, 0.6) is 0 Å². The van der Waals surface area contributed by atoms with E-state index >= 15 is 0 Å². The Labute approximate surface area is 67.4 Å². The van der Waals surface area contributed by atoms with Gasteiger partial charge < -0.3 is 11.6 Å². The van der Waals surface area contributed by atoms with Crippen LogP contribution in [0.25, 0.3) is 0 Å². The van der Waals surface area contributed by atoms with Crippen LogP contribution in [0.15, 0.2) is 10.1 Å². The second-order valence-electron chi connectivity index (χ2n) is 2.29. The minimum absolute atomic E-state index is 0.140. The molecule has 11 heavy (non-hydrogen) atoms. The van der Waals surface area contributed by atoms with E-state index < -0.39 is 0 Å². The van der Waals surface area contributed by atoms with Gasteiger partial charge >= 0.3 is 0 Å². The zero-order valence-corrected chi connectivity index (χ0v) is 6.95. The number of guanidine groups is 1. The monoisotopic (exact) mass is 156 g/mol. The van der Waals surface area contributed by atoms with Gasteiger partial charge in [-0.25, -0.2) is 4.99 Å². The van der Waals surface area contributed by atoms with Gasteiger partial charge in [-0.2, -0.15) is 0 Å². The Morgan fingerprint density at radius 1 is 1.45 bits per heavy atom. The molecule has 0 saturated heterocycles. The number of rotatable bonds is 4. The smallest absolute Gasteiger partial charge is 0.236 e. The Morgan fingerprint density at radius 3 is 2.73 bits per heavy atom. The van der Waals surface area contributed by atoms with E-state index in [-0.39, 0.29) is 5.96 Å². The highest BCUT2D eigenvalue weighted by Crippen LogP contribution is 1.95. The van der Waals surface area contributed by atoms with Gasteiger partial charge in [-0.1, -0.05) is 19.8 Å². The molecule has 0 aromatic rings. The predicted octanol–water partition coefficient (Wildman–Crippen LogP) is 0.826. The summed E-state index contributed by atoms with van der Waals surface area (Å²) in [5, 5.41) is 3.20. The van der Waals surface area contributed by atoms with Crippen LogP contribution in [0.3, 0.4) is 0 Å². The number of unbranched alkanes of at least 4 members (excludes halogenated alkanes) is 3. The molecule has 0 spiro atoms. The molecule has 0 amide bonds. The summed E-state index contributed by atoms with van der Waals surface area (Å²) in [4.78, 5) is 3.79. The fourth-order valence-electron chi connectivity index (χ4n) is 0.677. The third-order valence-corrected chi connectivity index (χ3v) is 1.29. The summed E-state index contributed by atoms with van der Waals surface area (Å²) in [5.74, 6) is 5.00. The molecule has 0 aliphatic rings. The van der Waals surface area contributed by atoms with Crippen molar-refractivity contribution in [3.8, 4) is 0 Å². The quantitative estimate of drug-likeness (QED) is 0.208. The van der Waals surface area contributed by atoms with Gasteiger partial charge in [-0.05, 0) is 12.8 Å². The fraction of sp³-hybridized carbons (Fsp3) is 0.714. The predicted molar refractivity (Wildman–Crippen MR) is 48.4 cm³/mol. The van der Waals surface area contributed by atoms with Gasteiger partial charge in [-0.3, -0.25) is 0 Å². The van der Waals surface area contributed by atoms with E-state index in [1.54, 1.807) is 6.21 Å². The molecule has 0 aromatic carbocycles. The van der Waals surface area contributed by atoms with Crippen molar-refractivity contribution in [3.05, 3.63) is 0 Å². The molecule has 0 aliphatic carbocycles. The molecule has 0 saturated carbocycles. The number of hydrogen-bond donors (Lipinski definition) is 2. The molecule has 4 nitrogen and oxygen atoms in total. The first kappa shape index (κ1) is 9.94. The summed E-state index contributed by atoms with van der Waals surface area (Å²) in [6.45, 7) is 2.16. The zero-order chi connectivity index (χ0) is 8.53. The molecule has 0 atom stereocenters. The van der Waals surface area contributed by atoms with Crippen molar-refractivity contribution in [1.82, 2.24) is 0 Å². The fourth-order valence-corrected chi connectivity index (χ4v) is 0.677. The van der Waals surface area contributed by atoms with Crippen molar-refractivity contribution >= 4 is 12.2 Å². The Hall–Kier alpha value is -1.06. The van der Waals surface area contributed by atoms with Crippen LogP contribution < -0.4 is 11.6 Å². The average molecular weight is 156 g/mol. The standard InChI is InChI=1S/C7H16N4/c1-2-3-4-5-6-10-7(8)11-9/h6H,2-5,9H2,1H3,(H2,8,11)/b10-6+. The van der Waals surface area contributed by atoms with Crippen molar-refractivity contribution in [2.45, 2.75) is 32.6 Å². The molecule has 64 valence electrons. The van der Waals surface area contributed by atoms with E-state index in [4.69, 9.17) is 11.6 Å². The Bertz CT molecular complexity index is 139. The highest BCUT2D eigenvalue weighted by Gasteiger charge is 1.83. The molecule has 0 bridgehead atoms. The molecule has 0 fully saturated rings. The number of nitrogens with two attached hydrogens (primary N) is 2. The van der Waals surface area contributed by atoms with Gasteiger partial charge in [0.15, 0.2) is 0 Å². The molecule has 0 radical (unpaired) electrons. The summed E-state index contributed by atoms with van der Waals surface area (Å²) in [5.41, 5.74) is 5.21. The maximum Gasteiger partial charge on any atom is 0.236 e. The van der Waals surface area contributed by atoms with Crippen LogP contribution in [0, 0.1) is 0 Å². The zero-order valence-electron chi connectivity index (χ0n) is 6.95. The Kier molecular flexibility index (Phi) is 6.37. The van der Waals surface area contributed by atoms with Crippen LogP contribution in [-0.2, 0) is 0 Å². The normalized spacial score (nSPS) is 12.6. The summed E-state index contributed by atoms with van der Waals surface area (Å²) in [6.07, 6.45) is 6.29. The third kappa shape index (κ3) is 6.83. The lowest BCUT2D eigenvalue weighted by Gasteiger charge is -1.90. The van der Waals surface area contributed by atoms with E-state index in [1.807, 2.05) is 0 Å². The molecule has 0 heterocycles. The van der Waals surface area contributed by atoms with Crippen molar-refractivity contribution in [3.63, 3.8) is 0 Å². The van der Waals surface area contributed by atoms with Crippen LogP contribution in [0.4, 0.5) is 0 Å². The maximum absolute atomic E-state index is 5.21. The number of aliphatic imine (C=N–C) groups is 1. The van der Waals surface area contributed by atoms with Gasteiger partial charge in [0.1, 0.15) is 0 Å². The Morgan fingerprint density at radius 2 is 2.18 bits per heavy atom. The van der Waals surface area contributed by atoms with E-state index in [9.17, 15) is 0 Å². The first-order valence-corrected chi connectivity index (χ1v) is 3.87. The van der Waals surface area contributed by atoms with Gasteiger partial charge in [0.25, 0.3) is 0 Å². The van der Waals surface area contributed by atoms with Crippen LogP contribution in [0.2, 0.25) is 0 Å². The van der Waals surface area contributed by atoms with Crippen molar-refractivity contribution < 1.29 is 0 Å². The lowest BCUT2D eigenvalue weighted by Crippen LogP contribution is -2.10. The summed E-state index contributed by atoms with van der Waals surface area (Å²) >= 11 is 0. The number of hydrogen-bond acceptors (Lipinski definition) is 2. The summed E-state index contributed by atoms with van der Waals surface area (Å²) < 4.78 is 0. The highest BCUT2D eigenvalue weighted by atomic mass is 15.2. The maximum atomic E-state index is 5.21. The molecule has 4 heteroatoms. The molecule has 0 aliphatic heterocycles. The second kappa shape index (κ2) is 7.05. The summed E-state index contributed by atoms with van der Waals surface area (Å²) in [6, 6.07) is 0. The van der Waals surface area contributed by atoms with E-state index in [1.165, 1.54) is 12.8 Å². The SMILES string of the molecule is CCCCC/C=N/C(N)=N/N. The average Bonchev–Trinajstić information content (AvgIpc) is 2.04. The number of hydrazone groups is 1. The van der Waals surface area contributed by atoms with Crippen molar-refractivity contribution in [1.29, 1.82) is 0 Å². The van der Waals surface area contributed by atoms with E-state index in [0.29, 0.717) is 0 Å². The third-order valence-electron chi connectivity index (χ3n) is 1.29. The van der Waals surface area contributed by atoms with Crippen molar-refractivity contribution in [2.24, 2.45) is 21.7 Å². The van der Waals surface area contributed by atoms with Gasteiger partial charge in [-0.15, -0.1) is 5.10 Å². The van der Waals surface area contributed by atoms with Crippen LogP contribution >= 0.6 is 0 Å². The van der Waals surface area contributed by atoms with Gasteiger partial charge in [0.2, 0.25) is 5.96 Å². The number of nitrogens with zero attached hydrogens (tertiary/aromatic N) is 2. The lowest BCUT2D eigenvalue weighted by molar-refractivity contribution is 0.746. The molecule has 0 unspecified atom stereocenters. The van der Waals surface area contributed by atoms with Crippen LogP contribution in [0.1, 0.15) is 32.6 Å². The van der Waals surface area contributed by atoms with Gasteiger partial charge in [0, 0.05) is 6.21 Å². The van der Waals surface area contributed by atoms with Crippen LogP contribution in [-0.4, -0.2) is 12.2 Å².